The molecular weight excluding hydrogens is 434 g/mol. The first-order valence-electron chi connectivity index (χ1n) is 10.8. The SMILES string of the molecule is CCOc1ccc(/C(O)=C2/C(=O)C(=O)N(c3ccccc3OC)C2c2ccc(O)cc2)cc1C. The molecule has 34 heavy (non-hydrogen) atoms. The first-order chi connectivity index (χ1) is 16.4. The van der Waals surface area contributed by atoms with E-state index in [0.717, 1.165) is 5.56 Å². The van der Waals surface area contributed by atoms with Crippen molar-refractivity contribution in [2.75, 3.05) is 18.6 Å². The Kier molecular flexibility index (Phi) is 6.27. The lowest BCUT2D eigenvalue weighted by Crippen LogP contribution is -2.29. The molecule has 0 saturated carbocycles. The second kappa shape index (κ2) is 9.31. The third kappa shape index (κ3) is 3.96. The maximum Gasteiger partial charge on any atom is 0.300 e. The zero-order valence-electron chi connectivity index (χ0n) is 19.1. The van der Waals surface area contributed by atoms with E-state index in [-0.39, 0.29) is 17.1 Å². The Morgan fingerprint density at radius 2 is 1.71 bits per heavy atom. The number of ether oxygens (including phenoxy) is 2. The number of para-hydroxylation sites is 2. The van der Waals surface area contributed by atoms with Crippen LogP contribution in [0.1, 0.15) is 29.7 Å². The summed E-state index contributed by atoms with van der Waals surface area (Å²) in [4.78, 5) is 27.9. The van der Waals surface area contributed by atoms with Crippen LogP contribution in [-0.4, -0.2) is 35.6 Å². The second-order valence-electron chi connectivity index (χ2n) is 7.85. The second-order valence-corrected chi connectivity index (χ2v) is 7.85. The summed E-state index contributed by atoms with van der Waals surface area (Å²) in [5.74, 6) is -0.770. The van der Waals surface area contributed by atoms with E-state index in [4.69, 9.17) is 9.47 Å². The maximum absolute atomic E-state index is 13.3. The summed E-state index contributed by atoms with van der Waals surface area (Å²) in [5.41, 5.74) is 2.07. The van der Waals surface area contributed by atoms with Gasteiger partial charge >= 0.3 is 0 Å². The number of aliphatic hydroxyl groups is 1. The number of anilines is 1. The van der Waals surface area contributed by atoms with Crippen LogP contribution < -0.4 is 14.4 Å². The van der Waals surface area contributed by atoms with Crippen LogP contribution in [0.2, 0.25) is 0 Å². The molecule has 1 amide bonds. The number of rotatable bonds is 6. The topological polar surface area (TPSA) is 96.3 Å². The Morgan fingerprint density at radius 3 is 2.35 bits per heavy atom. The molecule has 1 fully saturated rings. The molecule has 1 atom stereocenters. The van der Waals surface area contributed by atoms with E-state index in [1.807, 2.05) is 13.8 Å². The lowest BCUT2D eigenvalue weighted by atomic mass is 9.94. The molecule has 174 valence electrons. The highest BCUT2D eigenvalue weighted by molar-refractivity contribution is 6.51. The minimum Gasteiger partial charge on any atom is -0.508 e. The van der Waals surface area contributed by atoms with Crippen molar-refractivity contribution in [3.8, 4) is 17.2 Å². The van der Waals surface area contributed by atoms with Crippen LogP contribution in [0.15, 0.2) is 72.3 Å². The highest BCUT2D eigenvalue weighted by Crippen LogP contribution is 2.45. The lowest BCUT2D eigenvalue weighted by molar-refractivity contribution is -0.132. The minimum atomic E-state index is -0.927. The summed E-state index contributed by atoms with van der Waals surface area (Å²) in [6.07, 6.45) is 0. The average Bonchev–Trinajstić information content (AvgIpc) is 3.10. The molecule has 0 radical (unpaired) electrons. The summed E-state index contributed by atoms with van der Waals surface area (Å²) < 4.78 is 11.0. The van der Waals surface area contributed by atoms with E-state index < -0.39 is 17.7 Å². The number of aliphatic hydroxyl groups excluding tert-OH is 1. The van der Waals surface area contributed by atoms with Gasteiger partial charge in [-0.15, -0.1) is 0 Å². The molecule has 7 heteroatoms. The maximum atomic E-state index is 13.3. The number of aromatic hydroxyl groups is 1. The van der Waals surface area contributed by atoms with Crippen LogP contribution in [0.25, 0.3) is 5.76 Å². The van der Waals surface area contributed by atoms with E-state index in [0.29, 0.717) is 34.9 Å². The summed E-state index contributed by atoms with van der Waals surface area (Å²) in [6, 6.07) is 17.2. The van der Waals surface area contributed by atoms with Crippen molar-refractivity contribution in [3.05, 3.63) is 89.0 Å². The lowest BCUT2D eigenvalue weighted by Gasteiger charge is -2.26. The fraction of sp³-hybridized carbons (Fsp3) is 0.185. The van der Waals surface area contributed by atoms with Crippen LogP contribution in [-0.2, 0) is 9.59 Å². The van der Waals surface area contributed by atoms with Crippen molar-refractivity contribution < 1.29 is 29.3 Å². The Bertz CT molecular complexity index is 1280. The van der Waals surface area contributed by atoms with Gasteiger partial charge in [0.05, 0.1) is 31.0 Å². The number of ketones is 1. The molecule has 1 aliphatic rings. The molecule has 7 nitrogen and oxygen atoms in total. The van der Waals surface area contributed by atoms with Crippen LogP contribution in [0, 0.1) is 6.92 Å². The van der Waals surface area contributed by atoms with Gasteiger partial charge in [0.25, 0.3) is 11.7 Å². The van der Waals surface area contributed by atoms with Gasteiger partial charge in [0, 0.05) is 5.56 Å². The van der Waals surface area contributed by atoms with E-state index in [9.17, 15) is 19.8 Å². The minimum absolute atomic E-state index is 0.0418. The number of hydrogen-bond donors (Lipinski definition) is 2. The van der Waals surface area contributed by atoms with Gasteiger partial charge in [-0.3, -0.25) is 14.5 Å². The van der Waals surface area contributed by atoms with Crippen molar-refractivity contribution in [1.29, 1.82) is 0 Å². The van der Waals surface area contributed by atoms with Crippen molar-refractivity contribution in [2.24, 2.45) is 0 Å². The summed E-state index contributed by atoms with van der Waals surface area (Å²) in [7, 11) is 1.48. The Balaban J connectivity index is 1.93. The summed E-state index contributed by atoms with van der Waals surface area (Å²) >= 11 is 0. The normalized spacial score (nSPS) is 17.1. The van der Waals surface area contributed by atoms with Gasteiger partial charge in [0.1, 0.15) is 23.0 Å². The number of methoxy groups -OCH3 is 1. The molecule has 1 aliphatic heterocycles. The smallest absolute Gasteiger partial charge is 0.300 e. The predicted octanol–water partition coefficient (Wildman–Crippen LogP) is 4.73. The number of carbonyl (C=O) groups is 2. The van der Waals surface area contributed by atoms with Gasteiger partial charge in [0.2, 0.25) is 0 Å². The first kappa shape index (κ1) is 22.9. The quantitative estimate of drug-likeness (QED) is 0.314. The number of amides is 1. The third-order valence-electron chi connectivity index (χ3n) is 5.75. The third-order valence-corrected chi connectivity index (χ3v) is 5.75. The highest BCUT2D eigenvalue weighted by Gasteiger charge is 2.47. The van der Waals surface area contributed by atoms with Crippen molar-refractivity contribution in [1.82, 2.24) is 0 Å². The molecule has 0 aromatic heterocycles. The number of Topliss-reactive ketones (excluding diaryl/α,β-unsaturated/α-hetero) is 1. The van der Waals surface area contributed by atoms with Gasteiger partial charge < -0.3 is 19.7 Å². The number of nitrogens with zero attached hydrogens (tertiary/aromatic N) is 1. The molecule has 0 aliphatic carbocycles. The number of phenolic OH excluding ortho intramolecular Hbond substituents is 1. The van der Waals surface area contributed by atoms with Gasteiger partial charge in [-0.2, -0.15) is 0 Å². The molecule has 4 rings (SSSR count). The van der Waals surface area contributed by atoms with Crippen molar-refractivity contribution in [3.63, 3.8) is 0 Å². The largest absolute Gasteiger partial charge is 0.508 e. The number of phenols is 1. The Hall–Kier alpha value is -4.26. The Labute approximate surface area is 197 Å². The zero-order valence-corrected chi connectivity index (χ0v) is 19.1. The zero-order chi connectivity index (χ0) is 24.4. The van der Waals surface area contributed by atoms with Crippen LogP contribution in [0.3, 0.4) is 0 Å². The number of benzene rings is 3. The van der Waals surface area contributed by atoms with Crippen LogP contribution >= 0.6 is 0 Å². The highest BCUT2D eigenvalue weighted by atomic mass is 16.5. The molecule has 3 aromatic carbocycles. The van der Waals surface area contributed by atoms with E-state index >= 15 is 0 Å². The number of aryl methyl sites for hydroxylation is 1. The predicted molar refractivity (Wildman–Crippen MR) is 128 cm³/mol. The monoisotopic (exact) mass is 459 g/mol. The van der Waals surface area contributed by atoms with E-state index in [1.54, 1.807) is 54.6 Å². The van der Waals surface area contributed by atoms with Gasteiger partial charge in [0.15, 0.2) is 0 Å². The molecule has 3 aromatic rings. The fourth-order valence-corrected chi connectivity index (χ4v) is 4.15. The molecule has 2 N–H and O–H groups in total. The molecule has 0 spiro atoms. The summed E-state index contributed by atoms with van der Waals surface area (Å²) in [6.45, 7) is 4.22. The van der Waals surface area contributed by atoms with Gasteiger partial charge in [-0.05, 0) is 67.4 Å². The molecule has 1 saturated heterocycles. The molecule has 1 heterocycles. The van der Waals surface area contributed by atoms with Crippen LogP contribution in [0.4, 0.5) is 5.69 Å². The number of carbonyl (C=O) groups excluding carboxylic acids is 2. The average molecular weight is 459 g/mol. The first-order valence-corrected chi connectivity index (χ1v) is 10.8. The molecule has 0 bridgehead atoms. The molecule has 1 unspecified atom stereocenters. The van der Waals surface area contributed by atoms with Gasteiger partial charge in [-0.25, -0.2) is 0 Å². The Morgan fingerprint density at radius 1 is 1.00 bits per heavy atom. The summed E-state index contributed by atoms with van der Waals surface area (Å²) in [5, 5.41) is 21.1. The number of hydrogen-bond acceptors (Lipinski definition) is 6. The molecular formula is C27H25NO6. The standard InChI is InChI=1S/C27H25NO6/c1-4-34-21-14-11-18(15-16(21)2)25(30)23-24(17-9-12-19(29)13-10-17)28(27(32)26(23)31)20-7-5-6-8-22(20)33-3/h5-15,24,29-30H,4H2,1-3H3/b25-23-. The van der Waals surface area contributed by atoms with E-state index in [1.165, 1.54) is 24.1 Å². The van der Waals surface area contributed by atoms with Crippen molar-refractivity contribution in [2.45, 2.75) is 19.9 Å². The van der Waals surface area contributed by atoms with Crippen molar-refractivity contribution >= 4 is 23.1 Å². The van der Waals surface area contributed by atoms with Crippen LogP contribution in [0.5, 0.6) is 17.2 Å². The fourth-order valence-electron chi connectivity index (χ4n) is 4.15. The van der Waals surface area contributed by atoms with E-state index in [2.05, 4.69) is 0 Å². The van der Waals surface area contributed by atoms with Gasteiger partial charge in [-0.1, -0.05) is 24.3 Å².